The van der Waals surface area contributed by atoms with Gasteiger partial charge in [-0.3, -0.25) is 5.10 Å². The minimum Gasteiger partial charge on any atom is -0.352 e. The van der Waals surface area contributed by atoms with Crippen molar-refractivity contribution in [1.29, 1.82) is 0 Å². The number of piperazine rings is 1. The number of halogens is 4. The van der Waals surface area contributed by atoms with Crippen LogP contribution in [0.2, 0.25) is 0 Å². The van der Waals surface area contributed by atoms with Crippen molar-refractivity contribution in [2.45, 2.75) is 6.18 Å². The Kier molecular flexibility index (Phi) is 5.03. The normalized spacial score (nSPS) is 15.0. The van der Waals surface area contributed by atoms with Gasteiger partial charge in [-0.1, -0.05) is 6.07 Å². The highest BCUT2D eigenvalue weighted by atomic mass is 79.9. The fraction of sp³-hybridized carbons (Fsp3) is 0.294. The van der Waals surface area contributed by atoms with E-state index in [2.05, 4.69) is 41.4 Å². The maximum Gasteiger partial charge on any atom is 0.416 e. The van der Waals surface area contributed by atoms with Crippen molar-refractivity contribution < 1.29 is 18.0 Å². The maximum atomic E-state index is 12.8. The molecule has 2 amide bonds. The van der Waals surface area contributed by atoms with E-state index in [-0.39, 0.29) is 5.69 Å². The molecular formula is C17H15BrF3N7O. The van der Waals surface area contributed by atoms with Crippen LogP contribution in [0.3, 0.4) is 0 Å². The predicted octanol–water partition coefficient (Wildman–Crippen LogP) is 3.49. The second-order valence-corrected chi connectivity index (χ2v) is 7.21. The zero-order valence-corrected chi connectivity index (χ0v) is 16.5. The van der Waals surface area contributed by atoms with Crippen molar-refractivity contribution in [3.63, 3.8) is 0 Å². The lowest BCUT2D eigenvalue weighted by Crippen LogP contribution is -2.50. The van der Waals surface area contributed by atoms with Gasteiger partial charge in [-0.15, -0.1) is 0 Å². The summed E-state index contributed by atoms with van der Waals surface area (Å²) in [6, 6.07) is 4.13. The molecular weight excluding hydrogens is 455 g/mol. The number of hydrogen-bond acceptors (Lipinski definition) is 5. The van der Waals surface area contributed by atoms with Gasteiger partial charge >= 0.3 is 12.2 Å². The Balaban J connectivity index is 1.42. The summed E-state index contributed by atoms with van der Waals surface area (Å²) in [5.41, 5.74) is -0.169. The molecule has 0 bridgehead atoms. The van der Waals surface area contributed by atoms with E-state index in [1.54, 1.807) is 4.90 Å². The summed E-state index contributed by atoms with van der Waals surface area (Å²) in [6.45, 7) is 1.82. The van der Waals surface area contributed by atoms with Gasteiger partial charge in [0.15, 0.2) is 5.65 Å². The van der Waals surface area contributed by atoms with E-state index in [0.717, 1.165) is 17.5 Å². The molecule has 0 aliphatic carbocycles. The maximum absolute atomic E-state index is 12.8. The van der Waals surface area contributed by atoms with E-state index in [9.17, 15) is 18.0 Å². The standard InChI is InChI=1S/C17H15BrF3N7O/c18-13-12-14(26-25-13)22-9-23-15(12)27-4-6-28(7-5-27)16(29)24-11-3-1-2-10(8-11)17(19,20)21/h1-3,8-9H,4-7H2,(H,24,29)(H,22,23,25,26). The first-order valence-electron chi connectivity index (χ1n) is 8.65. The average Bonchev–Trinajstić information content (AvgIpc) is 3.09. The van der Waals surface area contributed by atoms with Gasteiger partial charge in [-0.2, -0.15) is 18.3 Å². The van der Waals surface area contributed by atoms with E-state index in [1.807, 2.05) is 4.90 Å². The molecule has 152 valence electrons. The van der Waals surface area contributed by atoms with E-state index in [1.165, 1.54) is 18.5 Å². The molecule has 12 heteroatoms. The van der Waals surface area contributed by atoms with Crippen molar-refractivity contribution in [1.82, 2.24) is 25.1 Å². The van der Waals surface area contributed by atoms with Gasteiger partial charge in [0.05, 0.1) is 10.9 Å². The number of aromatic nitrogens is 4. The van der Waals surface area contributed by atoms with E-state index in [4.69, 9.17) is 0 Å². The highest BCUT2D eigenvalue weighted by molar-refractivity contribution is 9.10. The monoisotopic (exact) mass is 469 g/mol. The lowest BCUT2D eigenvalue weighted by Gasteiger charge is -2.35. The number of amides is 2. The molecule has 0 unspecified atom stereocenters. The van der Waals surface area contributed by atoms with Crippen molar-refractivity contribution in [2.24, 2.45) is 0 Å². The van der Waals surface area contributed by atoms with Crippen LogP contribution >= 0.6 is 15.9 Å². The topological polar surface area (TPSA) is 90.0 Å². The molecule has 1 aliphatic heterocycles. The molecule has 0 radical (unpaired) electrons. The van der Waals surface area contributed by atoms with Gasteiger partial charge in [0.2, 0.25) is 0 Å². The van der Waals surface area contributed by atoms with Crippen molar-refractivity contribution in [3.8, 4) is 0 Å². The molecule has 3 aromatic rings. The molecule has 2 aromatic heterocycles. The quantitative estimate of drug-likeness (QED) is 0.599. The number of hydrogen-bond donors (Lipinski definition) is 2. The number of anilines is 2. The van der Waals surface area contributed by atoms with E-state index in [0.29, 0.717) is 42.2 Å². The van der Waals surface area contributed by atoms with Crippen molar-refractivity contribution >= 4 is 44.5 Å². The lowest BCUT2D eigenvalue weighted by atomic mass is 10.2. The van der Waals surface area contributed by atoms with Gasteiger partial charge in [-0.25, -0.2) is 14.8 Å². The number of carbonyl (C=O) groups is 1. The van der Waals surface area contributed by atoms with Gasteiger partial charge in [0, 0.05) is 31.9 Å². The second-order valence-electron chi connectivity index (χ2n) is 6.42. The molecule has 8 nitrogen and oxygen atoms in total. The Hall–Kier alpha value is -2.89. The number of rotatable bonds is 2. The molecule has 1 aliphatic rings. The minimum absolute atomic E-state index is 0.104. The van der Waals surface area contributed by atoms with Gasteiger partial charge in [-0.05, 0) is 34.1 Å². The number of alkyl halides is 3. The van der Waals surface area contributed by atoms with Crippen LogP contribution in [0, 0.1) is 0 Å². The molecule has 3 heterocycles. The largest absolute Gasteiger partial charge is 0.416 e. The zero-order valence-electron chi connectivity index (χ0n) is 14.9. The van der Waals surface area contributed by atoms with Gasteiger partial charge < -0.3 is 15.1 Å². The number of nitrogens with zero attached hydrogens (tertiary/aromatic N) is 5. The Morgan fingerprint density at radius 2 is 1.93 bits per heavy atom. The lowest BCUT2D eigenvalue weighted by molar-refractivity contribution is -0.137. The summed E-state index contributed by atoms with van der Waals surface area (Å²) in [5.74, 6) is 0.702. The highest BCUT2D eigenvalue weighted by Crippen LogP contribution is 2.31. The van der Waals surface area contributed by atoms with E-state index >= 15 is 0 Å². The van der Waals surface area contributed by atoms with Crippen LogP contribution in [0.5, 0.6) is 0 Å². The Labute approximate surface area is 171 Å². The number of urea groups is 1. The summed E-state index contributed by atoms with van der Waals surface area (Å²) < 4.78 is 39.2. The Bertz CT molecular complexity index is 1050. The summed E-state index contributed by atoms with van der Waals surface area (Å²) >= 11 is 3.40. The van der Waals surface area contributed by atoms with Crippen molar-refractivity contribution in [2.75, 3.05) is 36.4 Å². The molecule has 1 saturated heterocycles. The molecule has 0 saturated carbocycles. The molecule has 29 heavy (non-hydrogen) atoms. The molecule has 1 fully saturated rings. The summed E-state index contributed by atoms with van der Waals surface area (Å²) in [6.07, 6.45) is -3.03. The molecule has 0 atom stereocenters. The summed E-state index contributed by atoms with van der Waals surface area (Å²) in [5, 5.41) is 10.2. The first-order chi connectivity index (χ1) is 13.8. The Morgan fingerprint density at radius 1 is 1.17 bits per heavy atom. The Morgan fingerprint density at radius 3 is 2.66 bits per heavy atom. The third-order valence-electron chi connectivity index (χ3n) is 4.59. The highest BCUT2D eigenvalue weighted by Gasteiger charge is 2.31. The van der Waals surface area contributed by atoms with Crippen LogP contribution in [0.4, 0.5) is 29.5 Å². The number of fused-ring (bicyclic) bond motifs is 1. The summed E-state index contributed by atoms with van der Waals surface area (Å²) in [7, 11) is 0. The molecule has 1 aromatic carbocycles. The third-order valence-corrected chi connectivity index (χ3v) is 5.17. The predicted molar refractivity (Wildman–Crippen MR) is 104 cm³/mol. The fourth-order valence-electron chi connectivity index (χ4n) is 3.14. The number of carbonyl (C=O) groups excluding carboxylic acids is 1. The number of aromatic amines is 1. The van der Waals surface area contributed by atoms with Crippen LogP contribution in [0.15, 0.2) is 35.2 Å². The van der Waals surface area contributed by atoms with Gasteiger partial charge in [0.25, 0.3) is 0 Å². The van der Waals surface area contributed by atoms with E-state index < -0.39 is 17.8 Å². The third kappa shape index (κ3) is 3.97. The van der Waals surface area contributed by atoms with Crippen LogP contribution in [0.25, 0.3) is 11.0 Å². The first kappa shape index (κ1) is 19.4. The van der Waals surface area contributed by atoms with Crippen LogP contribution in [-0.4, -0.2) is 57.3 Å². The average molecular weight is 470 g/mol. The summed E-state index contributed by atoms with van der Waals surface area (Å²) in [4.78, 5) is 24.5. The molecule has 2 N–H and O–H groups in total. The van der Waals surface area contributed by atoms with Crippen LogP contribution in [0.1, 0.15) is 5.56 Å². The number of H-pyrrole nitrogens is 1. The SMILES string of the molecule is O=C(Nc1cccc(C(F)(F)F)c1)N1CCN(c2ncnc3n[nH]c(Br)c23)CC1. The minimum atomic E-state index is -4.46. The molecule has 4 rings (SSSR count). The number of nitrogens with one attached hydrogen (secondary N) is 2. The van der Waals surface area contributed by atoms with Gasteiger partial charge in [0.1, 0.15) is 16.7 Å². The smallest absolute Gasteiger partial charge is 0.352 e. The first-order valence-corrected chi connectivity index (χ1v) is 9.45. The fourth-order valence-corrected chi connectivity index (χ4v) is 3.59. The number of benzene rings is 1. The van der Waals surface area contributed by atoms with Crippen molar-refractivity contribution in [3.05, 3.63) is 40.8 Å². The van der Waals surface area contributed by atoms with Crippen LogP contribution < -0.4 is 10.2 Å². The molecule has 0 spiro atoms. The zero-order chi connectivity index (χ0) is 20.6. The van der Waals surface area contributed by atoms with Crippen LogP contribution in [-0.2, 0) is 6.18 Å². The second kappa shape index (κ2) is 7.50.